The molecule has 0 unspecified atom stereocenters. The number of imide groups is 1. The Morgan fingerprint density at radius 2 is 2.05 bits per heavy atom. The largest absolute Gasteiger partial charge is 0.331 e. The Balaban J connectivity index is 2.34. The fourth-order valence-corrected chi connectivity index (χ4v) is 2.21. The van der Waals surface area contributed by atoms with Gasteiger partial charge in [-0.3, -0.25) is 4.79 Å². The molecule has 0 spiro atoms. The summed E-state index contributed by atoms with van der Waals surface area (Å²) in [5.41, 5.74) is 7.10. The van der Waals surface area contributed by atoms with Crippen molar-refractivity contribution in [1.82, 2.24) is 4.90 Å². The number of urea groups is 1. The van der Waals surface area contributed by atoms with Crippen LogP contribution in [0.5, 0.6) is 0 Å². The van der Waals surface area contributed by atoms with Gasteiger partial charge in [0.15, 0.2) is 0 Å². The lowest BCUT2D eigenvalue weighted by Crippen LogP contribution is -2.54. The van der Waals surface area contributed by atoms with Gasteiger partial charge in [0.1, 0.15) is 0 Å². The van der Waals surface area contributed by atoms with E-state index in [-0.39, 0.29) is 18.0 Å². The van der Waals surface area contributed by atoms with Crippen LogP contribution in [0.4, 0.5) is 10.5 Å². The van der Waals surface area contributed by atoms with Crippen molar-refractivity contribution in [2.75, 3.05) is 11.4 Å². The predicted octanol–water partition coefficient (Wildman–Crippen LogP) is 1.71. The van der Waals surface area contributed by atoms with Gasteiger partial charge < -0.3 is 10.6 Å². The molecule has 5 nitrogen and oxygen atoms in total. The lowest BCUT2D eigenvalue weighted by Gasteiger charge is -2.36. The van der Waals surface area contributed by atoms with Crippen molar-refractivity contribution in [3.63, 3.8) is 0 Å². The molecule has 1 saturated heterocycles. The van der Waals surface area contributed by atoms with E-state index in [0.29, 0.717) is 25.2 Å². The van der Waals surface area contributed by atoms with Gasteiger partial charge in [0.2, 0.25) is 5.91 Å². The fraction of sp³-hybridized carbons (Fsp3) is 0.429. The van der Waals surface area contributed by atoms with Crippen molar-refractivity contribution in [1.29, 1.82) is 0 Å². The monoisotopic (exact) mass is 261 g/mol. The average molecular weight is 261 g/mol. The first-order valence-corrected chi connectivity index (χ1v) is 6.47. The van der Waals surface area contributed by atoms with Gasteiger partial charge in [-0.15, -0.1) is 0 Å². The van der Waals surface area contributed by atoms with Crippen LogP contribution in [-0.2, 0) is 11.3 Å². The first-order valence-electron chi connectivity index (χ1n) is 6.47. The van der Waals surface area contributed by atoms with E-state index >= 15 is 0 Å². The maximum absolute atomic E-state index is 12.4. The van der Waals surface area contributed by atoms with Crippen LogP contribution in [0, 0.1) is 0 Å². The molecular formula is C14H19N3O2. The number of amides is 3. The minimum atomic E-state index is -0.250. The van der Waals surface area contributed by atoms with E-state index < -0.39 is 0 Å². The van der Waals surface area contributed by atoms with Gasteiger partial charge in [0, 0.05) is 25.6 Å². The number of nitrogens with two attached hydrogens (primary N) is 1. The van der Waals surface area contributed by atoms with Crippen molar-refractivity contribution in [2.24, 2.45) is 5.73 Å². The topological polar surface area (TPSA) is 66.6 Å². The number of rotatable bonds is 3. The van der Waals surface area contributed by atoms with Gasteiger partial charge >= 0.3 is 6.03 Å². The Bertz CT molecular complexity index is 499. The summed E-state index contributed by atoms with van der Waals surface area (Å²) in [6, 6.07) is 7.08. The molecule has 1 fully saturated rings. The molecule has 0 atom stereocenters. The van der Waals surface area contributed by atoms with Crippen LogP contribution in [0.3, 0.4) is 0 Å². The van der Waals surface area contributed by atoms with Gasteiger partial charge in [0.05, 0.1) is 5.69 Å². The molecule has 0 aromatic heterocycles. The fourth-order valence-electron chi connectivity index (χ4n) is 2.21. The molecule has 0 bridgehead atoms. The molecule has 0 saturated carbocycles. The van der Waals surface area contributed by atoms with Crippen LogP contribution in [0.2, 0.25) is 0 Å². The van der Waals surface area contributed by atoms with Crippen LogP contribution in [0.1, 0.15) is 25.8 Å². The van der Waals surface area contributed by atoms with Crippen molar-refractivity contribution in [3.8, 4) is 0 Å². The molecule has 3 amide bonds. The molecule has 1 aliphatic heterocycles. The number of carbonyl (C=O) groups excluding carboxylic acids is 2. The summed E-state index contributed by atoms with van der Waals surface area (Å²) in [5, 5.41) is 0. The second-order valence-corrected chi connectivity index (χ2v) is 4.92. The number of benzene rings is 1. The minimum absolute atomic E-state index is 0.0841. The summed E-state index contributed by atoms with van der Waals surface area (Å²) in [4.78, 5) is 27.4. The highest BCUT2D eigenvalue weighted by Crippen LogP contribution is 2.23. The first-order chi connectivity index (χ1) is 9.04. The summed E-state index contributed by atoms with van der Waals surface area (Å²) in [6.45, 7) is 4.77. The quantitative estimate of drug-likeness (QED) is 0.900. The van der Waals surface area contributed by atoms with E-state index in [2.05, 4.69) is 0 Å². The van der Waals surface area contributed by atoms with Crippen LogP contribution >= 0.6 is 0 Å². The first kappa shape index (κ1) is 13.5. The summed E-state index contributed by atoms with van der Waals surface area (Å²) < 4.78 is 0. The Hall–Kier alpha value is -1.88. The van der Waals surface area contributed by atoms with Gasteiger partial charge in [-0.2, -0.15) is 0 Å². The predicted molar refractivity (Wildman–Crippen MR) is 73.7 cm³/mol. The zero-order valence-corrected chi connectivity index (χ0v) is 11.3. The van der Waals surface area contributed by atoms with E-state index in [1.165, 1.54) is 4.90 Å². The smallest absolute Gasteiger partial charge is 0.326 e. The third-order valence-electron chi connectivity index (χ3n) is 3.28. The van der Waals surface area contributed by atoms with Crippen LogP contribution in [-0.4, -0.2) is 29.4 Å². The van der Waals surface area contributed by atoms with Crippen LogP contribution < -0.4 is 10.6 Å². The highest BCUT2D eigenvalue weighted by Gasteiger charge is 2.34. The van der Waals surface area contributed by atoms with Crippen LogP contribution in [0.15, 0.2) is 24.3 Å². The van der Waals surface area contributed by atoms with Gasteiger partial charge in [-0.1, -0.05) is 12.1 Å². The average Bonchev–Trinajstić information content (AvgIpc) is 2.38. The molecule has 5 heteroatoms. The van der Waals surface area contributed by atoms with Crippen molar-refractivity contribution >= 4 is 17.6 Å². The molecule has 19 heavy (non-hydrogen) atoms. The van der Waals surface area contributed by atoms with Crippen molar-refractivity contribution < 1.29 is 9.59 Å². The van der Waals surface area contributed by atoms with E-state index in [1.54, 1.807) is 17.0 Å². The molecule has 1 heterocycles. The molecular weight excluding hydrogens is 242 g/mol. The van der Waals surface area contributed by atoms with E-state index in [0.717, 1.165) is 5.56 Å². The van der Waals surface area contributed by atoms with E-state index in [9.17, 15) is 9.59 Å². The summed E-state index contributed by atoms with van der Waals surface area (Å²) in [6.07, 6.45) is 0.358. The maximum atomic E-state index is 12.4. The van der Waals surface area contributed by atoms with E-state index in [4.69, 9.17) is 5.73 Å². The van der Waals surface area contributed by atoms with Gasteiger partial charge in [0.25, 0.3) is 0 Å². The number of nitrogens with zero attached hydrogens (tertiary/aromatic N) is 2. The summed E-state index contributed by atoms with van der Waals surface area (Å²) >= 11 is 0. The Morgan fingerprint density at radius 1 is 1.32 bits per heavy atom. The SMILES string of the molecule is CC(C)N1CCC(=O)N(c2cccc(CN)c2)C1=O. The summed E-state index contributed by atoms with van der Waals surface area (Å²) in [7, 11) is 0. The second-order valence-electron chi connectivity index (χ2n) is 4.92. The maximum Gasteiger partial charge on any atom is 0.331 e. The van der Waals surface area contributed by atoms with Gasteiger partial charge in [-0.25, -0.2) is 9.69 Å². The molecule has 0 radical (unpaired) electrons. The molecule has 1 aromatic rings. The Morgan fingerprint density at radius 3 is 2.68 bits per heavy atom. The lowest BCUT2D eigenvalue weighted by atomic mass is 10.1. The van der Waals surface area contributed by atoms with Gasteiger partial charge in [-0.05, 0) is 31.5 Å². The lowest BCUT2D eigenvalue weighted by molar-refractivity contribution is -0.119. The van der Waals surface area contributed by atoms with Crippen molar-refractivity contribution in [2.45, 2.75) is 32.9 Å². The highest BCUT2D eigenvalue weighted by molar-refractivity contribution is 6.15. The number of carbonyl (C=O) groups is 2. The zero-order valence-electron chi connectivity index (χ0n) is 11.3. The third-order valence-corrected chi connectivity index (χ3v) is 3.28. The molecule has 2 rings (SSSR count). The Labute approximate surface area is 113 Å². The number of hydrogen-bond donors (Lipinski definition) is 1. The normalized spacial score (nSPS) is 16.4. The highest BCUT2D eigenvalue weighted by atomic mass is 16.2. The zero-order chi connectivity index (χ0) is 14.0. The van der Waals surface area contributed by atoms with E-state index in [1.807, 2.05) is 26.0 Å². The minimum Gasteiger partial charge on any atom is -0.326 e. The molecule has 2 N–H and O–H groups in total. The summed E-state index contributed by atoms with van der Waals surface area (Å²) in [5.74, 6) is -0.156. The molecule has 102 valence electrons. The molecule has 1 aromatic carbocycles. The van der Waals surface area contributed by atoms with Crippen LogP contribution in [0.25, 0.3) is 0 Å². The number of anilines is 1. The molecule has 1 aliphatic rings. The second kappa shape index (κ2) is 5.40. The number of hydrogen-bond acceptors (Lipinski definition) is 3. The van der Waals surface area contributed by atoms with Crippen molar-refractivity contribution in [3.05, 3.63) is 29.8 Å². The Kier molecular flexibility index (Phi) is 3.85. The third kappa shape index (κ3) is 2.61. The standard InChI is InChI=1S/C14H19N3O2/c1-10(2)16-7-6-13(18)17(14(16)19)12-5-3-4-11(8-12)9-15/h3-5,8,10H,6-7,9,15H2,1-2H3. The molecule has 0 aliphatic carbocycles.